The minimum atomic E-state index is -1.47. The molecule has 4 rings (SSSR count). The van der Waals surface area contributed by atoms with Crippen molar-refractivity contribution >= 4 is 48.8 Å². The molecule has 1 aromatic heterocycles. The van der Waals surface area contributed by atoms with Crippen LogP contribution in [0.15, 0.2) is 24.3 Å². The Labute approximate surface area is 191 Å². The van der Waals surface area contributed by atoms with Crippen molar-refractivity contribution in [2.45, 2.75) is 89.4 Å². The standard InChI is InChI=1S/C23H32IN2PSe/c1-17-18(2)26(20-15-13-19(24)14-16-20)23(25-17)27(28,21-9-5-3-6-10-21)22-11-7-4-8-12-22/h13-16,21-22H,3-12H2,1-2H3. The van der Waals surface area contributed by atoms with Crippen molar-refractivity contribution in [1.29, 1.82) is 0 Å². The second-order valence-corrected chi connectivity index (χ2v) is 17.0. The predicted octanol–water partition coefficient (Wildman–Crippen LogP) is 6.49. The van der Waals surface area contributed by atoms with Gasteiger partial charge < -0.3 is 0 Å². The molecule has 2 saturated carbocycles. The maximum absolute atomic E-state index is 5.31. The number of hydrogen-bond donors (Lipinski definition) is 0. The van der Waals surface area contributed by atoms with Gasteiger partial charge in [-0.25, -0.2) is 0 Å². The molecule has 152 valence electrons. The summed E-state index contributed by atoms with van der Waals surface area (Å²) >= 11 is 6.34. The molecule has 0 unspecified atom stereocenters. The Morgan fingerprint density at radius 1 is 0.893 bits per heavy atom. The van der Waals surface area contributed by atoms with Crippen LogP contribution in [-0.2, 0) is 0 Å². The SMILES string of the molecule is Cc1nc(P(=[Se])(C2CCCCC2)C2CCCCC2)n(-c2ccc(I)cc2)c1C. The zero-order valence-electron chi connectivity index (χ0n) is 17.2. The third-order valence-electron chi connectivity index (χ3n) is 6.96. The van der Waals surface area contributed by atoms with Crippen LogP contribution in [0.2, 0.25) is 0 Å². The molecular formula is C23H32IN2PSe. The molecule has 2 aromatic rings. The second kappa shape index (κ2) is 9.08. The van der Waals surface area contributed by atoms with Crippen molar-refractivity contribution in [3.63, 3.8) is 0 Å². The molecule has 2 nitrogen and oxygen atoms in total. The summed E-state index contributed by atoms with van der Waals surface area (Å²) in [6.45, 7) is 4.46. The fraction of sp³-hybridized carbons (Fsp3) is 0.609. The number of aryl methyl sites for hydroxylation is 1. The van der Waals surface area contributed by atoms with E-state index in [4.69, 9.17) is 4.98 Å². The Balaban J connectivity index is 1.87. The van der Waals surface area contributed by atoms with Crippen LogP contribution in [0.1, 0.15) is 75.6 Å². The molecule has 0 radical (unpaired) electrons. The first-order chi connectivity index (χ1) is 13.5. The van der Waals surface area contributed by atoms with Gasteiger partial charge in [-0.05, 0) is 0 Å². The molecule has 2 aliphatic rings. The van der Waals surface area contributed by atoms with Crippen molar-refractivity contribution < 1.29 is 0 Å². The van der Waals surface area contributed by atoms with Crippen LogP contribution in [0, 0.1) is 17.4 Å². The second-order valence-electron chi connectivity index (χ2n) is 8.69. The topological polar surface area (TPSA) is 17.8 Å². The van der Waals surface area contributed by atoms with Gasteiger partial charge in [0.15, 0.2) is 0 Å². The van der Waals surface area contributed by atoms with E-state index in [1.165, 1.54) is 90.4 Å². The van der Waals surface area contributed by atoms with Gasteiger partial charge in [-0.3, -0.25) is 0 Å². The van der Waals surface area contributed by atoms with Crippen LogP contribution < -0.4 is 5.57 Å². The number of aromatic nitrogens is 2. The summed E-state index contributed by atoms with van der Waals surface area (Å²) in [4.78, 5) is 5.31. The van der Waals surface area contributed by atoms with Gasteiger partial charge >= 0.3 is 193 Å². The van der Waals surface area contributed by atoms with E-state index in [0.29, 0.717) is 0 Å². The molecule has 0 amide bonds. The number of benzene rings is 1. The van der Waals surface area contributed by atoms with Gasteiger partial charge in [0.1, 0.15) is 0 Å². The zero-order chi connectivity index (χ0) is 19.7. The van der Waals surface area contributed by atoms with E-state index in [1.54, 1.807) is 0 Å². The Kier molecular flexibility index (Phi) is 6.92. The van der Waals surface area contributed by atoms with E-state index in [2.05, 4.69) is 80.4 Å². The predicted molar refractivity (Wildman–Crippen MR) is 132 cm³/mol. The first-order valence-electron chi connectivity index (χ1n) is 10.9. The van der Waals surface area contributed by atoms with Crippen molar-refractivity contribution in [1.82, 2.24) is 9.55 Å². The van der Waals surface area contributed by atoms with E-state index >= 15 is 0 Å². The maximum atomic E-state index is 5.31. The summed E-state index contributed by atoms with van der Waals surface area (Å²) in [5.41, 5.74) is 5.41. The van der Waals surface area contributed by atoms with E-state index in [-0.39, 0.29) is 0 Å². The number of imidazole rings is 1. The summed E-state index contributed by atoms with van der Waals surface area (Å²) in [6.07, 6.45) is 14.1. The van der Waals surface area contributed by atoms with Crippen LogP contribution >= 0.6 is 28.1 Å². The first-order valence-corrected chi connectivity index (χ1v) is 16.2. The van der Waals surface area contributed by atoms with Crippen LogP contribution in [-0.4, -0.2) is 36.0 Å². The Bertz CT molecular complexity index is 839. The normalized spacial score (nSPS) is 19.8. The molecule has 2 aliphatic carbocycles. The van der Waals surface area contributed by atoms with Crippen molar-refractivity contribution in [3.05, 3.63) is 39.2 Å². The molecule has 28 heavy (non-hydrogen) atoms. The molecular weight excluding hydrogens is 541 g/mol. The fourth-order valence-electron chi connectivity index (χ4n) is 5.28. The zero-order valence-corrected chi connectivity index (χ0v) is 21.9. The van der Waals surface area contributed by atoms with Gasteiger partial charge in [0.2, 0.25) is 0 Å². The Morgan fingerprint density at radius 2 is 1.39 bits per heavy atom. The minimum absolute atomic E-state index is 0.827. The van der Waals surface area contributed by atoms with Crippen LogP contribution in [0.3, 0.4) is 0 Å². The molecule has 0 aliphatic heterocycles. The van der Waals surface area contributed by atoms with Crippen molar-refractivity contribution in [2.24, 2.45) is 0 Å². The molecule has 1 aromatic carbocycles. The summed E-state index contributed by atoms with van der Waals surface area (Å²) in [7, 11) is 0. The summed E-state index contributed by atoms with van der Waals surface area (Å²) in [5, 5.41) is 0. The van der Waals surface area contributed by atoms with Gasteiger partial charge in [-0.2, -0.15) is 0 Å². The van der Waals surface area contributed by atoms with Gasteiger partial charge in [-0.1, -0.05) is 0 Å². The van der Waals surface area contributed by atoms with E-state index < -0.39 is 5.51 Å². The third-order valence-corrected chi connectivity index (χ3v) is 16.6. The molecule has 0 saturated heterocycles. The quantitative estimate of drug-likeness (QED) is 0.233. The Hall–Kier alpha value is 0.109. The van der Waals surface area contributed by atoms with Crippen LogP contribution in [0.4, 0.5) is 0 Å². The third kappa shape index (κ3) is 4.01. The van der Waals surface area contributed by atoms with E-state index in [1.807, 2.05) is 0 Å². The first kappa shape index (κ1) is 21.3. The van der Waals surface area contributed by atoms with Gasteiger partial charge in [0.05, 0.1) is 0 Å². The van der Waals surface area contributed by atoms with Gasteiger partial charge in [-0.15, -0.1) is 0 Å². The van der Waals surface area contributed by atoms with Crippen molar-refractivity contribution in [2.75, 3.05) is 0 Å². The summed E-state index contributed by atoms with van der Waals surface area (Å²) < 4.78 is 3.82. The van der Waals surface area contributed by atoms with Crippen LogP contribution in [0.5, 0.6) is 0 Å². The molecule has 1 heterocycles. The number of rotatable bonds is 4. The summed E-state index contributed by atoms with van der Waals surface area (Å²) in [6, 6.07) is 9.03. The van der Waals surface area contributed by atoms with Crippen molar-refractivity contribution in [3.8, 4) is 5.69 Å². The number of hydrogen-bond acceptors (Lipinski definition) is 1. The van der Waals surface area contributed by atoms with Crippen LogP contribution in [0.25, 0.3) is 5.69 Å². The van der Waals surface area contributed by atoms with Gasteiger partial charge in [0, 0.05) is 0 Å². The van der Waals surface area contributed by atoms with E-state index in [0.717, 1.165) is 11.3 Å². The number of halogens is 1. The average Bonchev–Trinajstić information content (AvgIpc) is 3.04. The van der Waals surface area contributed by atoms with E-state index in [9.17, 15) is 0 Å². The molecule has 5 heteroatoms. The fourth-order valence-corrected chi connectivity index (χ4v) is 13.5. The number of nitrogens with zero attached hydrogens (tertiary/aromatic N) is 2. The summed E-state index contributed by atoms with van der Waals surface area (Å²) in [5.74, 6) is 0. The monoisotopic (exact) mass is 574 g/mol. The van der Waals surface area contributed by atoms with Gasteiger partial charge in [0.25, 0.3) is 0 Å². The Morgan fingerprint density at radius 3 is 1.89 bits per heavy atom. The molecule has 0 spiro atoms. The molecule has 0 bridgehead atoms. The average molecular weight is 573 g/mol. The molecule has 0 N–H and O–H groups in total. The molecule has 0 atom stereocenters. The molecule has 2 fully saturated rings.